The molecule has 0 bridgehead atoms. The summed E-state index contributed by atoms with van der Waals surface area (Å²) >= 11 is 0. The van der Waals surface area contributed by atoms with Crippen molar-refractivity contribution in [2.45, 2.75) is 37.1 Å². The van der Waals surface area contributed by atoms with E-state index in [1.54, 1.807) is 13.3 Å². The Morgan fingerprint density at radius 1 is 1.00 bits per heavy atom. The van der Waals surface area contributed by atoms with Crippen molar-refractivity contribution >= 4 is 5.95 Å². The first-order valence-electron chi connectivity index (χ1n) is 11.7. The van der Waals surface area contributed by atoms with Crippen LogP contribution in [-0.4, -0.2) is 61.1 Å². The fourth-order valence-electron chi connectivity index (χ4n) is 4.74. The molecule has 172 valence electrons. The van der Waals surface area contributed by atoms with E-state index < -0.39 is 0 Å². The number of rotatable bonds is 9. The van der Waals surface area contributed by atoms with E-state index in [1.165, 1.54) is 5.56 Å². The molecule has 0 spiro atoms. The summed E-state index contributed by atoms with van der Waals surface area (Å²) < 4.78 is 17.8. The molecule has 0 unspecified atom stereocenters. The van der Waals surface area contributed by atoms with Crippen LogP contribution >= 0.6 is 0 Å². The third kappa shape index (κ3) is 5.00. The zero-order chi connectivity index (χ0) is 22.5. The molecule has 2 aliphatic rings. The zero-order valence-electron chi connectivity index (χ0n) is 18.9. The van der Waals surface area contributed by atoms with E-state index >= 15 is 0 Å². The molecule has 2 fully saturated rings. The normalized spacial score (nSPS) is 23.9. The quantitative estimate of drug-likeness (QED) is 0.490. The van der Waals surface area contributed by atoms with Crippen LogP contribution in [0.15, 0.2) is 66.9 Å². The van der Waals surface area contributed by atoms with Crippen molar-refractivity contribution in [3.05, 3.63) is 72.4 Å². The van der Waals surface area contributed by atoms with Crippen molar-refractivity contribution in [1.29, 1.82) is 0 Å². The topological polar surface area (TPSA) is 82.1 Å². The molecule has 1 aromatic heterocycles. The molecule has 4 atom stereocenters. The number of methoxy groups -OCH3 is 1. The molecule has 0 saturated carbocycles. The molecular formula is C26H31N4O3+. The molecule has 0 aliphatic carbocycles. The molecule has 7 heteroatoms. The second-order valence-corrected chi connectivity index (χ2v) is 8.59. The largest absolute Gasteiger partial charge is 0.496 e. The van der Waals surface area contributed by atoms with E-state index in [-0.39, 0.29) is 18.2 Å². The highest BCUT2D eigenvalue weighted by Crippen LogP contribution is 2.30. The minimum atomic E-state index is 0.0129. The highest BCUT2D eigenvalue weighted by atomic mass is 16.6. The lowest BCUT2D eigenvalue weighted by molar-refractivity contribution is -0.693. The molecule has 2 saturated heterocycles. The predicted molar refractivity (Wildman–Crippen MR) is 126 cm³/mol. The maximum atomic E-state index is 6.15. The van der Waals surface area contributed by atoms with Crippen LogP contribution in [-0.2, 0) is 15.9 Å². The van der Waals surface area contributed by atoms with Crippen molar-refractivity contribution in [3.63, 3.8) is 0 Å². The van der Waals surface area contributed by atoms with Crippen LogP contribution in [0, 0.1) is 0 Å². The highest BCUT2D eigenvalue weighted by Gasteiger charge is 2.49. The Balaban J connectivity index is 1.16. The summed E-state index contributed by atoms with van der Waals surface area (Å²) in [7, 11) is 1.67. The molecule has 33 heavy (non-hydrogen) atoms. The monoisotopic (exact) mass is 447 g/mol. The summed E-state index contributed by atoms with van der Waals surface area (Å²) in [5.74, 6) is 1.36. The summed E-state index contributed by atoms with van der Waals surface area (Å²) in [4.78, 5) is 9.14. The van der Waals surface area contributed by atoms with Gasteiger partial charge in [-0.25, -0.2) is 9.97 Å². The van der Waals surface area contributed by atoms with Crippen LogP contribution in [0.3, 0.4) is 0 Å². The highest BCUT2D eigenvalue weighted by molar-refractivity contribution is 5.67. The first kappa shape index (κ1) is 21.8. The summed E-state index contributed by atoms with van der Waals surface area (Å²) in [5, 5.41) is 5.83. The molecule has 7 nitrogen and oxygen atoms in total. The third-order valence-corrected chi connectivity index (χ3v) is 6.43. The van der Waals surface area contributed by atoms with Gasteiger partial charge >= 0.3 is 0 Å². The predicted octanol–water partition coefficient (Wildman–Crippen LogP) is 2.30. The second kappa shape index (κ2) is 10.3. The van der Waals surface area contributed by atoms with Crippen LogP contribution in [0.1, 0.15) is 12.0 Å². The van der Waals surface area contributed by atoms with Gasteiger partial charge in [0, 0.05) is 18.2 Å². The molecule has 2 aliphatic heterocycles. The molecule has 5 rings (SSSR count). The van der Waals surface area contributed by atoms with Crippen molar-refractivity contribution in [2.24, 2.45) is 0 Å². The fraction of sp³-hybridized carbons (Fsp3) is 0.385. The number of nitrogens with zero attached hydrogens (tertiary/aromatic N) is 2. The van der Waals surface area contributed by atoms with Crippen LogP contribution in [0.2, 0.25) is 0 Å². The molecule has 2 aromatic carbocycles. The van der Waals surface area contributed by atoms with Gasteiger partial charge in [-0.3, -0.25) is 0 Å². The Kier molecular flexibility index (Phi) is 6.81. The van der Waals surface area contributed by atoms with Gasteiger partial charge in [-0.2, -0.15) is 0 Å². The summed E-state index contributed by atoms with van der Waals surface area (Å²) in [6.45, 7) is 2.37. The van der Waals surface area contributed by atoms with Gasteiger partial charge in [-0.05, 0) is 30.2 Å². The molecule has 3 N–H and O–H groups in total. The number of hydrogen-bond donors (Lipinski definition) is 2. The molecule has 3 aromatic rings. The van der Waals surface area contributed by atoms with Crippen LogP contribution in [0.5, 0.6) is 5.75 Å². The Labute approximate surface area is 194 Å². The first-order valence-corrected chi connectivity index (χ1v) is 11.7. The van der Waals surface area contributed by atoms with E-state index in [4.69, 9.17) is 19.2 Å². The van der Waals surface area contributed by atoms with Crippen molar-refractivity contribution in [1.82, 2.24) is 9.97 Å². The Bertz CT molecular complexity index is 1050. The van der Waals surface area contributed by atoms with Crippen LogP contribution < -0.4 is 15.4 Å². The molecule has 3 heterocycles. The lowest BCUT2D eigenvalue weighted by Crippen LogP contribution is -2.92. The minimum absolute atomic E-state index is 0.0129. The fourth-order valence-corrected chi connectivity index (χ4v) is 4.74. The summed E-state index contributed by atoms with van der Waals surface area (Å²) in [5.41, 5.74) is 3.15. The minimum Gasteiger partial charge on any atom is -0.496 e. The zero-order valence-corrected chi connectivity index (χ0v) is 18.9. The molecule has 0 amide bonds. The smallest absolute Gasteiger partial charge is 0.223 e. The number of hydrogen-bond acceptors (Lipinski definition) is 6. The average molecular weight is 448 g/mol. The average Bonchev–Trinajstić information content (AvgIpc) is 3.46. The Hall–Kier alpha value is -3.00. The third-order valence-electron chi connectivity index (χ3n) is 6.43. The van der Waals surface area contributed by atoms with Gasteiger partial charge in [0.2, 0.25) is 5.95 Å². The number of benzene rings is 2. The van der Waals surface area contributed by atoms with Crippen molar-refractivity contribution in [2.75, 3.05) is 32.2 Å². The summed E-state index contributed by atoms with van der Waals surface area (Å²) in [6, 6.07) is 20.8. The van der Waals surface area contributed by atoms with E-state index in [1.807, 2.05) is 30.3 Å². The number of nitrogens with one attached hydrogen (secondary N) is 1. The summed E-state index contributed by atoms with van der Waals surface area (Å²) in [6.07, 6.45) is 4.12. The maximum absolute atomic E-state index is 6.15. The Morgan fingerprint density at radius 2 is 1.82 bits per heavy atom. The number of nitrogens with two attached hydrogens (primary N) is 1. The Morgan fingerprint density at radius 3 is 2.70 bits per heavy atom. The molecule has 0 radical (unpaired) electrons. The number of para-hydroxylation sites is 1. The van der Waals surface area contributed by atoms with E-state index in [0.29, 0.717) is 25.2 Å². The number of anilines is 1. The van der Waals surface area contributed by atoms with Crippen LogP contribution in [0.4, 0.5) is 5.95 Å². The lowest BCUT2D eigenvalue weighted by atomic mass is 10.1. The van der Waals surface area contributed by atoms with E-state index in [0.717, 1.165) is 36.4 Å². The van der Waals surface area contributed by atoms with Crippen molar-refractivity contribution < 1.29 is 19.5 Å². The van der Waals surface area contributed by atoms with Gasteiger partial charge < -0.3 is 24.8 Å². The number of aromatic nitrogens is 2. The number of fused-ring (bicyclic) bond motifs is 1. The van der Waals surface area contributed by atoms with Gasteiger partial charge in [-0.1, -0.05) is 42.5 Å². The lowest BCUT2D eigenvalue weighted by Gasteiger charge is -2.17. The molecular weight excluding hydrogens is 416 g/mol. The number of quaternary nitrogens is 1. The van der Waals surface area contributed by atoms with Crippen LogP contribution in [0.25, 0.3) is 11.3 Å². The van der Waals surface area contributed by atoms with Gasteiger partial charge in [0.25, 0.3) is 0 Å². The number of aryl methyl sites for hydroxylation is 1. The van der Waals surface area contributed by atoms with Gasteiger partial charge in [0.1, 0.15) is 30.6 Å². The second-order valence-electron chi connectivity index (χ2n) is 8.59. The number of ether oxygens (including phenoxy) is 3. The van der Waals surface area contributed by atoms with E-state index in [9.17, 15) is 0 Å². The van der Waals surface area contributed by atoms with Gasteiger partial charge in [0.15, 0.2) is 0 Å². The first-order chi connectivity index (χ1) is 16.3. The van der Waals surface area contributed by atoms with Gasteiger partial charge in [-0.15, -0.1) is 0 Å². The maximum Gasteiger partial charge on any atom is 0.223 e. The van der Waals surface area contributed by atoms with Gasteiger partial charge in [0.05, 0.1) is 32.0 Å². The standard InChI is InChI=1S/C26H30N4O3/c1-31-23-12-6-5-11-19(23)20-13-15-28-26(29-20)30-22-17-33-24-21(16-32-25(22)24)27-14-7-10-18-8-3-2-4-9-18/h2-6,8-9,11-13,15,21-22,24-25,27H,7,10,14,16-17H2,1H3,(H,28,29,30)/p+1/t21-,22-,24+,25+/m0/s1. The SMILES string of the molecule is COc1ccccc1-c1ccnc(N[C@H]2CO[C@H]3[C@@H]2OC[C@@H]3[NH2+]CCCc2ccccc2)n1. The van der Waals surface area contributed by atoms with E-state index in [2.05, 4.69) is 45.9 Å². The van der Waals surface area contributed by atoms with Crippen molar-refractivity contribution in [3.8, 4) is 17.0 Å².